The standard InChI is InChI=1S/C20H26N6O4/c1-26-13-15(24-25-26)5-4-6-21-20-16-11-18(29-9-7-27-2)19(30-10-8-28-3)12-17(16)22-14-23-20/h4-5,11-14H,6-10H2,1-3H3,(H,21,22,23)/b5-4+. The third kappa shape index (κ3) is 5.88. The van der Waals surface area contributed by atoms with Crippen molar-refractivity contribution in [3.8, 4) is 11.5 Å². The number of hydrogen-bond donors (Lipinski definition) is 1. The number of fused-ring (bicyclic) bond motifs is 1. The number of anilines is 1. The van der Waals surface area contributed by atoms with Crippen LogP contribution in [0, 0.1) is 0 Å². The number of aryl methyl sites for hydroxylation is 1. The molecule has 10 nitrogen and oxygen atoms in total. The molecule has 0 fully saturated rings. The maximum Gasteiger partial charge on any atom is 0.163 e. The molecule has 0 aliphatic rings. The van der Waals surface area contributed by atoms with E-state index in [1.54, 1.807) is 18.9 Å². The van der Waals surface area contributed by atoms with Crippen molar-refractivity contribution in [2.75, 3.05) is 52.5 Å². The van der Waals surface area contributed by atoms with Gasteiger partial charge < -0.3 is 24.3 Å². The summed E-state index contributed by atoms with van der Waals surface area (Å²) in [5, 5.41) is 12.0. The summed E-state index contributed by atoms with van der Waals surface area (Å²) >= 11 is 0. The molecule has 0 unspecified atom stereocenters. The molecule has 0 bridgehead atoms. The normalized spacial score (nSPS) is 11.3. The fraction of sp³-hybridized carbons (Fsp3) is 0.400. The molecule has 3 aromatic rings. The SMILES string of the molecule is COCCOc1cc2ncnc(NC/C=C/c3cn(C)nn3)c2cc1OCCOC. The summed E-state index contributed by atoms with van der Waals surface area (Å²) in [5.41, 5.74) is 1.54. The summed E-state index contributed by atoms with van der Waals surface area (Å²) in [5.74, 6) is 1.90. The average Bonchev–Trinajstić information content (AvgIpc) is 3.17. The van der Waals surface area contributed by atoms with Crippen molar-refractivity contribution in [3.05, 3.63) is 36.4 Å². The van der Waals surface area contributed by atoms with Crippen molar-refractivity contribution < 1.29 is 18.9 Å². The molecule has 0 aliphatic heterocycles. The molecule has 160 valence electrons. The second kappa shape index (κ2) is 11.1. The Kier molecular flexibility index (Phi) is 7.93. The highest BCUT2D eigenvalue weighted by Gasteiger charge is 2.12. The van der Waals surface area contributed by atoms with E-state index >= 15 is 0 Å². The first-order valence-electron chi connectivity index (χ1n) is 9.50. The molecule has 2 aromatic heterocycles. The molecule has 1 aromatic carbocycles. The van der Waals surface area contributed by atoms with Crippen LogP contribution < -0.4 is 14.8 Å². The van der Waals surface area contributed by atoms with E-state index in [4.69, 9.17) is 18.9 Å². The van der Waals surface area contributed by atoms with Gasteiger partial charge in [-0.2, -0.15) is 0 Å². The molecule has 0 atom stereocenters. The largest absolute Gasteiger partial charge is 0.487 e. The quantitative estimate of drug-likeness (QED) is 0.445. The zero-order valence-corrected chi connectivity index (χ0v) is 17.4. The Bertz CT molecular complexity index is 975. The van der Waals surface area contributed by atoms with Gasteiger partial charge in [0.15, 0.2) is 11.5 Å². The van der Waals surface area contributed by atoms with Crippen molar-refractivity contribution in [3.63, 3.8) is 0 Å². The molecule has 1 N–H and O–H groups in total. The minimum atomic E-state index is 0.403. The Balaban J connectivity index is 1.78. The Labute approximate surface area is 174 Å². The van der Waals surface area contributed by atoms with Gasteiger partial charge >= 0.3 is 0 Å². The van der Waals surface area contributed by atoms with Crippen molar-refractivity contribution in [2.45, 2.75) is 0 Å². The monoisotopic (exact) mass is 414 g/mol. The van der Waals surface area contributed by atoms with Gasteiger partial charge in [-0.05, 0) is 12.1 Å². The van der Waals surface area contributed by atoms with Crippen molar-refractivity contribution >= 4 is 22.8 Å². The number of hydrogen-bond acceptors (Lipinski definition) is 9. The van der Waals surface area contributed by atoms with Gasteiger partial charge in [-0.15, -0.1) is 5.10 Å². The van der Waals surface area contributed by atoms with E-state index in [9.17, 15) is 0 Å². The maximum absolute atomic E-state index is 5.85. The van der Waals surface area contributed by atoms with Crippen LogP contribution in [0.25, 0.3) is 17.0 Å². The van der Waals surface area contributed by atoms with Crippen LogP contribution >= 0.6 is 0 Å². The van der Waals surface area contributed by atoms with Crippen LogP contribution in [0.15, 0.2) is 30.7 Å². The van der Waals surface area contributed by atoms with Crippen LogP contribution in [0.3, 0.4) is 0 Å². The zero-order chi connectivity index (χ0) is 21.2. The lowest BCUT2D eigenvalue weighted by molar-refractivity contribution is 0.132. The molecule has 0 amide bonds. The van der Waals surface area contributed by atoms with Crippen LogP contribution in [0.4, 0.5) is 5.82 Å². The van der Waals surface area contributed by atoms with Gasteiger partial charge in [0.25, 0.3) is 0 Å². The number of rotatable bonds is 12. The van der Waals surface area contributed by atoms with Gasteiger partial charge in [-0.1, -0.05) is 11.3 Å². The third-order valence-corrected chi connectivity index (χ3v) is 4.09. The molecule has 3 rings (SSSR count). The number of nitrogens with zero attached hydrogens (tertiary/aromatic N) is 5. The van der Waals surface area contributed by atoms with Gasteiger partial charge in [0.2, 0.25) is 0 Å². The molecule has 30 heavy (non-hydrogen) atoms. The highest BCUT2D eigenvalue weighted by Crippen LogP contribution is 2.34. The zero-order valence-electron chi connectivity index (χ0n) is 17.4. The van der Waals surface area contributed by atoms with E-state index in [0.29, 0.717) is 50.3 Å². The van der Waals surface area contributed by atoms with E-state index in [-0.39, 0.29) is 0 Å². The highest BCUT2D eigenvalue weighted by atomic mass is 16.5. The van der Waals surface area contributed by atoms with Crippen LogP contribution in [0.2, 0.25) is 0 Å². The van der Waals surface area contributed by atoms with Crippen molar-refractivity contribution in [1.82, 2.24) is 25.0 Å². The van der Waals surface area contributed by atoms with Gasteiger partial charge in [0, 0.05) is 39.3 Å². The van der Waals surface area contributed by atoms with Gasteiger partial charge in [0.05, 0.1) is 24.9 Å². The first-order valence-corrected chi connectivity index (χ1v) is 9.50. The van der Waals surface area contributed by atoms with E-state index in [1.165, 1.54) is 6.33 Å². The minimum absolute atomic E-state index is 0.403. The number of benzene rings is 1. The van der Waals surface area contributed by atoms with E-state index in [1.807, 2.05) is 37.5 Å². The molecule has 0 radical (unpaired) electrons. The lowest BCUT2D eigenvalue weighted by Crippen LogP contribution is -2.09. The molecular weight excluding hydrogens is 388 g/mol. The first kappa shape index (κ1) is 21.5. The van der Waals surface area contributed by atoms with Crippen LogP contribution in [0.5, 0.6) is 11.5 Å². The maximum atomic E-state index is 5.85. The summed E-state index contributed by atoms with van der Waals surface area (Å²) in [6, 6.07) is 3.72. The summed E-state index contributed by atoms with van der Waals surface area (Å²) in [4.78, 5) is 8.73. The van der Waals surface area contributed by atoms with Gasteiger partial charge in [0.1, 0.15) is 31.1 Å². The summed E-state index contributed by atoms with van der Waals surface area (Å²) < 4.78 is 23.4. The molecular formula is C20H26N6O4. The second-order valence-electron chi connectivity index (χ2n) is 6.32. The Morgan fingerprint density at radius 1 is 1.00 bits per heavy atom. The smallest absolute Gasteiger partial charge is 0.163 e. The summed E-state index contributed by atoms with van der Waals surface area (Å²) in [6.45, 7) is 2.32. The Morgan fingerprint density at radius 3 is 2.40 bits per heavy atom. The number of methoxy groups -OCH3 is 2. The van der Waals surface area contributed by atoms with Crippen LogP contribution in [-0.2, 0) is 16.5 Å². The third-order valence-electron chi connectivity index (χ3n) is 4.09. The summed E-state index contributed by atoms with van der Waals surface area (Å²) in [7, 11) is 5.09. The van der Waals surface area contributed by atoms with E-state index in [2.05, 4.69) is 25.6 Å². The first-order chi connectivity index (χ1) is 14.7. The number of ether oxygens (including phenoxy) is 4. The lowest BCUT2D eigenvalue weighted by Gasteiger charge is -2.15. The molecule has 10 heteroatoms. The van der Waals surface area contributed by atoms with Crippen molar-refractivity contribution in [1.29, 1.82) is 0 Å². The molecule has 0 spiro atoms. The fourth-order valence-corrected chi connectivity index (χ4v) is 2.68. The Hall–Kier alpha value is -3.24. The summed E-state index contributed by atoms with van der Waals surface area (Å²) in [6.07, 6.45) is 7.20. The molecule has 0 saturated carbocycles. The number of nitrogens with one attached hydrogen (secondary N) is 1. The predicted octanol–water partition coefficient (Wildman–Crippen LogP) is 1.93. The topological polar surface area (TPSA) is 105 Å². The number of aromatic nitrogens is 5. The van der Waals surface area contributed by atoms with Crippen LogP contribution in [-0.4, -0.2) is 72.2 Å². The van der Waals surface area contributed by atoms with Gasteiger partial charge in [-0.25, -0.2) is 9.97 Å². The highest BCUT2D eigenvalue weighted by molar-refractivity contribution is 5.91. The fourth-order valence-electron chi connectivity index (χ4n) is 2.68. The van der Waals surface area contributed by atoms with E-state index in [0.717, 1.165) is 16.6 Å². The average molecular weight is 414 g/mol. The van der Waals surface area contributed by atoms with E-state index < -0.39 is 0 Å². The Morgan fingerprint density at radius 2 is 1.73 bits per heavy atom. The molecule has 2 heterocycles. The second-order valence-corrected chi connectivity index (χ2v) is 6.32. The van der Waals surface area contributed by atoms with Crippen molar-refractivity contribution in [2.24, 2.45) is 7.05 Å². The molecule has 0 aliphatic carbocycles. The minimum Gasteiger partial charge on any atom is -0.487 e. The molecule has 0 saturated heterocycles. The predicted molar refractivity (Wildman–Crippen MR) is 113 cm³/mol. The van der Waals surface area contributed by atoms with Gasteiger partial charge in [-0.3, -0.25) is 4.68 Å². The van der Waals surface area contributed by atoms with Crippen LogP contribution in [0.1, 0.15) is 5.69 Å². The lowest BCUT2D eigenvalue weighted by atomic mass is 10.2.